The van der Waals surface area contributed by atoms with Crippen molar-refractivity contribution in [3.8, 4) is 29.0 Å². The van der Waals surface area contributed by atoms with E-state index in [1.165, 1.54) is 0 Å². The number of piperidine rings is 1. The molecule has 1 saturated heterocycles. The third kappa shape index (κ3) is 4.67. The van der Waals surface area contributed by atoms with Crippen molar-refractivity contribution >= 4 is 5.91 Å². The smallest absolute Gasteiger partial charge is 0.261 e. The van der Waals surface area contributed by atoms with Crippen LogP contribution in [0.4, 0.5) is 0 Å². The van der Waals surface area contributed by atoms with Gasteiger partial charge in [-0.05, 0) is 67.8 Å². The van der Waals surface area contributed by atoms with Crippen molar-refractivity contribution in [3.63, 3.8) is 0 Å². The number of likely N-dealkylation sites (tertiary alicyclic amines) is 1. The summed E-state index contributed by atoms with van der Waals surface area (Å²) in [4.78, 5) is 19.2. The Labute approximate surface area is 180 Å². The first-order valence-electron chi connectivity index (χ1n) is 10.1. The summed E-state index contributed by atoms with van der Waals surface area (Å²) >= 11 is 0. The largest absolute Gasteiger partial charge is 0.497 e. The molecule has 1 aliphatic heterocycles. The molecule has 1 unspecified atom stereocenters. The molecule has 8 nitrogen and oxygen atoms in total. The van der Waals surface area contributed by atoms with Gasteiger partial charge in [-0.15, -0.1) is 0 Å². The van der Waals surface area contributed by atoms with Crippen LogP contribution in [0.1, 0.15) is 36.8 Å². The van der Waals surface area contributed by atoms with Gasteiger partial charge < -0.3 is 18.9 Å². The Morgan fingerprint density at radius 1 is 1.16 bits per heavy atom. The third-order valence-corrected chi connectivity index (χ3v) is 5.24. The minimum Gasteiger partial charge on any atom is -0.497 e. The molecule has 0 bridgehead atoms. The van der Waals surface area contributed by atoms with Crippen molar-refractivity contribution in [3.05, 3.63) is 60.0 Å². The quantitative estimate of drug-likeness (QED) is 0.601. The van der Waals surface area contributed by atoms with E-state index in [0.717, 1.165) is 30.6 Å². The van der Waals surface area contributed by atoms with Crippen LogP contribution in [0.2, 0.25) is 0 Å². The molecule has 1 fully saturated rings. The van der Waals surface area contributed by atoms with Crippen molar-refractivity contribution in [1.29, 1.82) is 5.26 Å². The molecule has 158 valence electrons. The number of benzene rings is 2. The molecule has 1 aromatic heterocycles. The van der Waals surface area contributed by atoms with Crippen molar-refractivity contribution in [2.24, 2.45) is 0 Å². The Bertz CT molecular complexity index is 1070. The number of methoxy groups -OCH3 is 1. The Morgan fingerprint density at radius 2 is 1.90 bits per heavy atom. The van der Waals surface area contributed by atoms with Gasteiger partial charge in [0.1, 0.15) is 17.5 Å². The Kier molecular flexibility index (Phi) is 6.13. The Balaban J connectivity index is 1.44. The second kappa shape index (κ2) is 9.30. The standard InChI is InChI=1S/C23H22N4O4/c1-29-18-11-7-17(8-12-18)22-25-23(31-26-22)20-4-2-3-13-27(20)21(28)15-30-19-9-5-16(14-24)6-10-19/h5-12,20H,2-4,13,15H2,1H3. The number of amides is 1. The predicted octanol–water partition coefficient (Wildman–Crippen LogP) is 3.75. The van der Waals surface area contributed by atoms with E-state index in [2.05, 4.69) is 16.2 Å². The summed E-state index contributed by atoms with van der Waals surface area (Å²) < 4.78 is 16.3. The lowest BCUT2D eigenvalue weighted by molar-refractivity contribution is -0.138. The van der Waals surface area contributed by atoms with Gasteiger partial charge in [-0.2, -0.15) is 10.2 Å². The molecule has 8 heteroatoms. The molecule has 1 amide bonds. The van der Waals surface area contributed by atoms with E-state index in [1.807, 2.05) is 24.3 Å². The van der Waals surface area contributed by atoms with E-state index in [9.17, 15) is 4.79 Å². The minimum atomic E-state index is -0.273. The van der Waals surface area contributed by atoms with Crippen molar-refractivity contribution in [2.75, 3.05) is 20.3 Å². The SMILES string of the molecule is COc1ccc(-c2noc(C3CCCCN3C(=O)COc3ccc(C#N)cc3)n2)cc1. The summed E-state index contributed by atoms with van der Waals surface area (Å²) in [5, 5.41) is 13.0. The van der Waals surface area contributed by atoms with Crippen LogP contribution in [-0.4, -0.2) is 41.2 Å². The summed E-state index contributed by atoms with van der Waals surface area (Å²) in [7, 11) is 1.61. The highest BCUT2D eigenvalue weighted by Gasteiger charge is 2.32. The van der Waals surface area contributed by atoms with Crippen LogP contribution in [0.3, 0.4) is 0 Å². The van der Waals surface area contributed by atoms with Gasteiger partial charge in [0.15, 0.2) is 6.61 Å². The molecule has 0 aliphatic carbocycles. The number of hydrogen-bond donors (Lipinski definition) is 0. The van der Waals surface area contributed by atoms with Gasteiger partial charge in [-0.25, -0.2) is 0 Å². The molecule has 2 heterocycles. The second-order valence-corrected chi connectivity index (χ2v) is 7.21. The summed E-state index contributed by atoms with van der Waals surface area (Å²) in [6.45, 7) is 0.516. The van der Waals surface area contributed by atoms with Gasteiger partial charge in [0.2, 0.25) is 11.7 Å². The van der Waals surface area contributed by atoms with E-state index in [1.54, 1.807) is 36.3 Å². The van der Waals surface area contributed by atoms with Crippen molar-refractivity contribution < 1.29 is 18.8 Å². The molecule has 0 radical (unpaired) electrons. The van der Waals surface area contributed by atoms with E-state index in [-0.39, 0.29) is 18.6 Å². The first-order valence-corrected chi connectivity index (χ1v) is 10.1. The summed E-state index contributed by atoms with van der Waals surface area (Å²) in [6.07, 6.45) is 2.65. The normalized spacial score (nSPS) is 15.9. The number of rotatable bonds is 6. The minimum absolute atomic E-state index is 0.0954. The van der Waals surface area contributed by atoms with Gasteiger partial charge in [0, 0.05) is 12.1 Å². The molecule has 4 rings (SSSR count). The average Bonchev–Trinajstić information content (AvgIpc) is 3.33. The molecule has 3 aromatic rings. The Hall–Kier alpha value is -3.86. The number of ether oxygens (including phenoxy) is 2. The van der Waals surface area contributed by atoms with Crippen LogP contribution in [0, 0.1) is 11.3 Å². The van der Waals surface area contributed by atoms with Gasteiger partial charge >= 0.3 is 0 Å². The van der Waals surface area contributed by atoms with Crippen molar-refractivity contribution in [2.45, 2.75) is 25.3 Å². The second-order valence-electron chi connectivity index (χ2n) is 7.21. The molecule has 31 heavy (non-hydrogen) atoms. The maximum atomic E-state index is 12.9. The monoisotopic (exact) mass is 418 g/mol. The Morgan fingerprint density at radius 3 is 2.61 bits per heavy atom. The lowest BCUT2D eigenvalue weighted by Gasteiger charge is -2.33. The summed E-state index contributed by atoms with van der Waals surface area (Å²) in [5.74, 6) is 2.05. The summed E-state index contributed by atoms with van der Waals surface area (Å²) in [6, 6.07) is 15.8. The van der Waals surface area contributed by atoms with Crippen molar-refractivity contribution in [1.82, 2.24) is 15.0 Å². The van der Waals surface area contributed by atoms with E-state index in [0.29, 0.717) is 29.6 Å². The molecule has 2 aromatic carbocycles. The van der Waals surface area contributed by atoms with E-state index in [4.69, 9.17) is 19.3 Å². The maximum Gasteiger partial charge on any atom is 0.261 e. The molecule has 0 N–H and O–H groups in total. The number of hydrogen-bond acceptors (Lipinski definition) is 7. The van der Waals surface area contributed by atoms with Gasteiger partial charge in [0.25, 0.3) is 5.91 Å². The van der Waals surface area contributed by atoms with Crippen LogP contribution in [0.15, 0.2) is 53.1 Å². The first-order chi connectivity index (χ1) is 15.2. The molecule has 0 spiro atoms. The van der Waals surface area contributed by atoms with E-state index >= 15 is 0 Å². The molecule has 0 saturated carbocycles. The van der Waals surface area contributed by atoms with Gasteiger partial charge in [-0.3, -0.25) is 4.79 Å². The summed E-state index contributed by atoms with van der Waals surface area (Å²) in [5.41, 5.74) is 1.35. The highest BCUT2D eigenvalue weighted by atomic mass is 16.5. The third-order valence-electron chi connectivity index (χ3n) is 5.24. The maximum absolute atomic E-state index is 12.9. The number of carbonyl (C=O) groups excluding carboxylic acids is 1. The van der Waals surface area contributed by atoms with Gasteiger partial charge in [0.05, 0.1) is 18.7 Å². The fourth-order valence-corrected chi connectivity index (χ4v) is 3.57. The lowest BCUT2D eigenvalue weighted by Crippen LogP contribution is -2.41. The fourth-order valence-electron chi connectivity index (χ4n) is 3.57. The first kappa shape index (κ1) is 20.4. The zero-order valence-corrected chi connectivity index (χ0v) is 17.2. The van der Waals surface area contributed by atoms with E-state index < -0.39 is 0 Å². The van der Waals surface area contributed by atoms with Crippen LogP contribution in [-0.2, 0) is 4.79 Å². The number of carbonyl (C=O) groups is 1. The zero-order chi connectivity index (χ0) is 21.6. The molecule has 1 aliphatic rings. The van der Waals surface area contributed by atoms with Crippen LogP contribution >= 0.6 is 0 Å². The van der Waals surface area contributed by atoms with Crippen LogP contribution < -0.4 is 9.47 Å². The molecule has 1 atom stereocenters. The zero-order valence-electron chi connectivity index (χ0n) is 17.2. The highest BCUT2D eigenvalue weighted by Crippen LogP contribution is 2.31. The topological polar surface area (TPSA) is 101 Å². The van der Waals surface area contributed by atoms with Crippen LogP contribution in [0.5, 0.6) is 11.5 Å². The fraction of sp³-hybridized carbons (Fsp3) is 0.304. The average molecular weight is 418 g/mol. The number of nitrogens with zero attached hydrogens (tertiary/aromatic N) is 4. The van der Waals surface area contributed by atoms with Crippen LogP contribution in [0.25, 0.3) is 11.4 Å². The molecular weight excluding hydrogens is 396 g/mol. The lowest BCUT2D eigenvalue weighted by atomic mass is 10.0. The predicted molar refractivity (Wildman–Crippen MR) is 111 cm³/mol. The number of nitriles is 1. The van der Waals surface area contributed by atoms with Gasteiger partial charge in [-0.1, -0.05) is 5.16 Å². The molecular formula is C23H22N4O4. The highest BCUT2D eigenvalue weighted by molar-refractivity contribution is 5.78. The number of aromatic nitrogens is 2.